The first-order chi connectivity index (χ1) is 10.2. The number of aryl methyl sites for hydroxylation is 1. The average molecular weight is 283 g/mol. The summed E-state index contributed by atoms with van der Waals surface area (Å²) in [4.78, 5) is 12.4. The fourth-order valence-electron chi connectivity index (χ4n) is 2.96. The molecule has 0 atom stereocenters. The van der Waals surface area contributed by atoms with Gasteiger partial charge in [-0.2, -0.15) is 0 Å². The molecule has 1 fully saturated rings. The Morgan fingerprint density at radius 1 is 1.14 bits per heavy atom. The van der Waals surface area contributed by atoms with Gasteiger partial charge in [0.05, 0.1) is 5.56 Å². The van der Waals surface area contributed by atoms with Crippen molar-refractivity contribution in [3.05, 3.63) is 47.7 Å². The number of carbonyl (C=O) groups is 1. The highest BCUT2D eigenvalue weighted by atomic mass is 16.3. The molecule has 21 heavy (non-hydrogen) atoms. The van der Waals surface area contributed by atoms with Crippen molar-refractivity contribution in [3.8, 4) is 11.3 Å². The standard InChI is InChI=1S/C18H21NO2/c1-13-16(18(20)19-15-10-6-3-7-11-15)12-17(21-13)14-8-4-2-5-9-14/h2,4-5,8-9,12,15H,3,6-7,10-11H2,1H3,(H,19,20). The molecule has 1 heterocycles. The predicted molar refractivity (Wildman–Crippen MR) is 83.2 cm³/mol. The van der Waals surface area contributed by atoms with Crippen LogP contribution in [0.3, 0.4) is 0 Å². The Morgan fingerprint density at radius 3 is 2.57 bits per heavy atom. The van der Waals surface area contributed by atoms with Gasteiger partial charge in [0.15, 0.2) is 0 Å². The lowest BCUT2D eigenvalue weighted by Crippen LogP contribution is -2.36. The molecule has 0 saturated heterocycles. The number of rotatable bonds is 3. The van der Waals surface area contributed by atoms with Crippen LogP contribution in [0.1, 0.15) is 48.2 Å². The second-order valence-electron chi connectivity index (χ2n) is 5.75. The fraction of sp³-hybridized carbons (Fsp3) is 0.389. The summed E-state index contributed by atoms with van der Waals surface area (Å²) < 4.78 is 5.75. The number of furan rings is 1. The van der Waals surface area contributed by atoms with Crippen molar-refractivity contribution in [1.29, 1.82) is 0 Å². The van der Waals surface area contributed by atoms with E-state index in [0.717, 1.165) is 24.2 Å². The van der Waals surface area contributed by atoms with Crippen LogP contribution in [0.4, 0.5) is 0 Å². The summed E-state index contributed by atoms with van der Waals surface area (Å²) in [5.74, 6) is 1.43. The van der Waals surface area contributed by atoms with Gasteiger partial charge in [0.25, 0.3) is 5.91 Å². The maximum Gasteiger partial charge on any atom is 0.255 e. The molecule has 3 nitrogen and oxygen atoms in total. The largest absolute Gasteiger partial charge is 0.461 e. The maximum absolute atomic E-state index is 12.4. The van der Waals surface area contributed by atoms with Gasteiger partial charge < -0.3 is 9.73 Å². The summed E-state index contributed by atoms with van der Waals surface area (Å²) in [6, 6.07) is 12.0. The van der Waals surface area contributed by atoms with Gasteiger partial charge in [-0.3, -0.25) is 4.79 Å². The van der Waals surface area contributed by atoms with E-state index in [-0.39, 0.29) is 5.91 Å². The molecule has 1 saturated carbocycles. The van der Waals surface area contributed by atoms with Gasteiger partial charge in [-0.05, 0) is 25.8 Å². The second-order valence-corrected chi connectivity index (χ2v) is 5.75. The Kier molecular flexibility index (Phi) is 4.09. The molecule has 0 bridgehead atoms. The van der Waals surface area contributed by atoms with Gasteiger partial charge in [0, 0.05) is 11.6 Å². The molecule has 1 aliphatic rings. The quantitative estimate of drug-likeness (QED) is 0.911. The SMILES string of the molecule is Cc1oc(-c2ccccc2)cc1C(=O)NC1CCCCC1. The number of carbonyl (C=O) groups excluding carboxylic acids is 1. The molecule has 3 heteroatoms. The molecule has 1 aliphatic carbocycles. The van der Waals surface area contributed by atoms with Crippen LogP contribution in [0.25, 0.3) is 11.3 Å². The van der Waals surface area contributed by atoms with Crippen molar-refractivity contribution >= 4 is 5.91 Å². The number of amides is 1. The van der Waals surface area contributed by atoms with Gasteiger partial charge in [0.1, 0.15) is 11.5 Å². The maximum atomic E-state index is 12.4. The fourth-order valence-corrected chi connectivity index (χ4v) is 2.96. The number of hydrogen-bond acceptors (Lipinski definition) is 2. The first kappa shape index (κ1) is 13.9. The molecular formula is C18H21NO2. The minimum Gasteiger partial charge on any atom is -0.461 e. The molecule has 110 valence electrons. The van der Waals surface area contributed by atoms with Crippen molar-refractivity contribution < 1.29 is 9.21 Å². The Morgan fingerprint density at radius 2 is 1.86 bits per heavy atom. The molecule has 0 aliphatic heterocycles. The summed E-state index contributed by atoms with van der Waals surface area (Å²) in [7, 11) is 0. The summed E-state index contributed by atoms with van der Waals surface area (Å²) in [6.07, 6.45) is 5.90. The topological polar surface area (TPSA) is 42.2 Å². The van der Waals surface area contributed by atoms with Crippen LogP contribution in [0.15, 0.2) is 40.8 Å². The van der Waals surface area contributed by atoms with Crippen molar-refractivity contribution in [2.45, 2.75) is 45.1 Å². The van der Waals surface area contributed by atoms with E-state index < -0.39 is 0 Å². The third kappa shape index (κ3) is 3.18. The van der Waals surface area contributed by atoms with Crippen molar-refractivity contribution in [3.63, 3.8) is 0 Å². The van der Waals surface area contributed by atoms with Crippen LogP contribution >= 0.6 is 0 Å². The summed E-state index contributed by atoms with van der Waals surface area (Å²) in [5, 5.41) is 3.14. The van der Waals surface area contributed by atoms with E-state index in [4.69, 9.17) is 4.42 Å². The van der Waals surface area contributed by atoms with Crippen LogP contribution in [-0.2, 0) is 0 Å². The van der Waals surface area contributed by atoms with E-state index in [1.54, 1.807) is 0 Å². The number of nitrogens with one attached hydrogen (secondary N) is 1. The van der Waals surface area contributed by atoms with E-state index >= 15 is 0 Å². The second kappa shape index (κ2) is 6.17. The van der Waals surface area contributed by atoms with Gasteiger partial charge in [0.2, 0.25) is 0 Å². The third-order valence-electron chi connectivity index (χ3n) is 4.16. The van der Waals surface area contributed by atoms with Crippen LogP contribution < -0.4 is 5.32 Å². The lowest BCUT2D eigenvalue weighted by Gasteiger charge is -2.22. The number of hydrogen-bond donors (Lipinski definition) is 1. The molecule has 3 rings (SSSR count). The van der Waals surface area contributed by atoms with E-state index in [9.17, 15) is 4.79 Å². The summed E-state index contributed by atoms with van der Waals surface area (Å²) in [6.45, 7) is 1.85. The van der Waals surface area contributed by atoms with E-state index in [2.05, 4.69) is 5.32 Å². The molecular weight excluding hydrogens is 262 g/mol. The molecule has 2 aromatic rings. The smallest absolute Gasteiger partial charge is 0.255 e. The Bertz CT molecular complexity index is 609. The first-order valence-electron chi connectivity index (χ1n) is 7.71. The van der Waals surface area contributed by atoms with Crippen LogP contribution in [0.5, 0.6) is 0 Å². The van der Waals surface area contributed by atoms with E-state index in [1.165, 1.54) is 19.3 Å². The Balaban J connectivity index is 1.76. The van der Waals surface area contributed by atoms with Crippen LogP contribution in [0, 0.1) is 6.92 Å². The zero-order valence-electron chi connectivity index (χ0n) is 12.4. The molecule has 0 radical (unpaired) electrons. The van der Waals surface area contributed by atoms with Gasteiger partial charge >= 0.3 is 0 Å². The Hall–Kier alpha value is -2.03. The van der Waals surface area contributed by atoms with E-state index in [1.807, 2.05) is 43.3 Å². The zero-order valence-corrected chi connectivity index (χ0v) is 12.4. The van der Waals surface area contributed by atoms with Crippen molar-refractivity contribution in [1.82, 2.24) is 5.32 Å². The van der Waals surface area contributed by atoms with Crippen LogP contribution in [-0.4, -0.2) is 11.9 Å². The van der Waals surface area contributed by atoms with Crippen molar-refractivity contribution in [2.24, 2.45) is 0 Å². The first-order valence-corrected chi connectivity index (χ1v) is 7.71. The summed E-state index contributed by atoms with van der Waals surface area (Å²) >= 11 is 0. The molecule has 1 aromatic heterocycles. The molecule has 1 N–H and O–H groups in total. The predicted octanol–water partition coefficient (Wildman–Crippen LogP) is 4.32. The number of benzene rings is 1. The molecule has 1 amide bonds. The van der Waals surface area contributed by atoms with Gasteiger partial charge in [-0.1, -0.05) is 49.6 Å². The van der Waals surface area contributed by atoms with Gasteiger partial charge in [-0.15, -0.1) is 0 Å². The van der Waals surface area contributed by atoms with Crippen LogP contribution in [0.2, 0.25) is 0 Å². The molecule has 0 spiro atoms. The highest BCUT2D eigenvalue weighted by molar-refractivity contribution is 5.96. The normalized spacial score (nSPS) is 15.9. The lowest BCUT2D eigenvalue weighted by atomic mass is 9.95. The Labute approximate surface area is 125 Å². The average Bonchev–Trinajstić information content (AvgIpc) is 2.91. The highest BCUT2D eigenvalue weighted by Crippen LogP contribution is 2.25. The van der Waals surface area contributed by atoms with Gasteiger partial charge in [-0.25, -0.2) is 0 Å². The minimum absolute atomic E-state index is 0.00895. The third-order valence-corrected chi connectivity index (χ3v) is 4.16. The monoisotopic (exact) mass is 283 g/mol. The van der Waals surface area contributed by atoms with E-state index in [0.29, 0.717) is 17.4 Å². The minimum atomic E-state index is -0.00895. The molecule has 1 aromatic carbocycles. The molecule has 0 unspecified atom stereocenters. The highest BCUT2D eigenvalue weighted by Gasteiger charge is 2.20. The zero-order chi connectivity index (χ0) is 14.7. The van der Waals surface area contributed by atoms with Crippen molar-refractivity contribution in [2.75, 3.05) is 0 Å². The summed E-state index contributed by atoms with van der Waals surface area (Å²) in [5.41, 5.74) is 1.65. The lowest BCUT2D eigenvalue weighted by molar-refractivity contribution is 0.0926.